The number of hydrogen-bond donors (Lipinski definition) is 2. The second-order valence-corrected chi connectivity index (χ2v) is 5.02. The van der Waals surface area contributed by atoms with Gasteiger partial charge in [0.2, 0.25) is 5.91 Å². The first-order valence-electron chi connectivity index (χ1n) is 4.51. The van der Waals surface area contributed by atoms with E-state index in [-0.39, 0.29) is 15.7 Å². The Hall–Kier alpha value is -0.780. The molecule has 0 radical (unpaired) electrons. The van der Waals surface area contributed by atoms with Gasteiger partial charge in [-0.15, -0.1) is 0 Å². The van der Waals surface area contributed by atoms with E-state index in [1.54, 1.807) is 12.1 Å². The average molecular weight is 341 g/mol. The summed E-state index contributed by atoms with van der Waals surface area (Å²) in [6.45, 7) is 1.28. The highest BCUT2D eigenvalue weighted by atomic mass is 79.9. The summed E-state index contributed by atoms with van der Waals surface area (Å²) < 4.78 is 0.664. The Bertz CT molecular complexity index is 456. The molecule has 0 heterocycles. The van der Waals surface area contributed by atoms with E-state index in [9.17, 15) is 9.59 Å². The lowest BCUT2D eigenvalue weighted by molar-refractivity contribution is -0.144. The van der Waals surface area contributed by atoms with Gasteiger partial charge in [-0.25, -0.2) is 0 Å². The molecule has 4 nitrogen and oxygen atoms in total. The summed E-state index contributed by atoms with van der Waals surface area (Å²) in [5.74, 6) is -3.07. The number of aliphatic carboxylic acids is 1. The second kappa shape index (κ2) is 5.71. The maximum absolute atomic E-state index is 11.5. The molecule has 7 heteroatoms. The molecule has 1 amide bonds. The Morgan fingerprint density at radius 3 is 2.24 bits per heavy atom. The van der Waals surface area contributed by atoms with Crippen LogP contribution < -0.4 is 5.32 Å². The van der Waals surface area contributed by atoms with Crippen molar-refractivity contribution in [3.05, 3.63) is 26.7 Å². The molecule has 0 aliphatic carbocycles. The van der Waals surface area contributed by atoms with Gasteiger partial charge in [0, 0.05) is 4.47 Å². The van der Waals surface area contributed by atoms with Gasteiger partial charge in [-0.1, -0.05) is 39.1 Å². The molecular weight excluding hydrogens is 333 g/mol. The van der Waals surface area contributed by atoms with Crippen LogP contribution in [0.15, 0.2) is 16.6 Å². The van der Waals surface area contributed by atoms with Crippen molar-refractivity contribution in [3.63, 3.8) is 0 Å². The number of benzene rings is 1. The van der Waals surface area contributed by atoms with E-state index in [0.29, 0.717) is 4.47 Å². The molecule has 17 heavy (non-hydrogen) atoms. The minimum absolute atomic E-state index is 0.203. The molecule has 0 saturated carbocycles. The van der Waals surface area contributed by atoms with Crippen molar-refractivity contribution in [2.24, 2.45) is 5.92 Å². The zero-order valence-corrected chi connectivity index (χ0v) is 11.7. The number of nitrogens with one attached hydrogen (secondary N) is 1. The summed E-state index contributed by atoms with van der Waals surface area (Å²) >= 11 is 15.0. The Morgan fingerprint density at radius 1 is 1.35 bits per heavy atom. The molecule has 92 valence electrons. The van der Waals surface area contributed by atoms with Gasteiger partial charge in [0.05, 0.1) is 15.7 Å². The Kier molecular flexibility index (Phi) is 4.80. The topological polar surface area (TPSA) is 66.4 Å². The van der Waals surface area contributed by atoms with Crippen molar-refractivity contribution in [1.29, 1.82) is 0 Å². The Balaban J connectivity index is 2.96. The third kappa shape index (κ3) is 3.59. The SMILES string of the molecule is CC(C(=O)O)C(=O)Nc1c(Cl)cc(Br)cc1Cl. The minimum Gasteiger partial charge on any atom is -0.481 e. The van der Waals surface area contributed by atoms with Crippen LogP contribution in [0.3, 0.4) is 0 Å². The van der Waals surface area contributed by atoms with Crippen molar-refractivity contribution in [2.75, 3.05) is 5.32 Å². The molecule has 1 unspecified atom stereocenters. The van der Waals surface area contributed by atoms with Crippen LogP contribution >= 0.6 is 39.1 Å². The lowest BCUT2D eigenvalue weighted by atomic mass is 10.1. The van der Waals surface area contributed by atoms with Gasteiger partial charge in [0.1, 0.15) is 5.92 Å². The molecule has 0 aromatic heterocycles. The first kappa shape index (κ1) is 14.3. The molecule has 0 fully saturated rings. The quantitative estimate of drug-likeness (QED) is 0.828. The summed E-state index contributed by atoms with van der Waals surface area (Å²) in [6.07, 6.45) is 0. The van der Waals surface area contributed by atoms with Gasteiger partial charge < -0.3 is 10.4 Å². The fourth-order valence-electron chi connectivity index (χ4n) is 1.01. The van der Waals surface area contributed by atoms with Crippen molar-refractivity contribution < 1.29 is 14.7 Å². The first-order valence-corrected chi connectivity index (χ1v) is 6.06. The molecule has 0 aliphatic heterocycles. The van der Waals surface area contributed by atoms with E-state index in [0.717, 1.165) is 0 Å². The molecule has 0 spiro atoms. The number of carbonyl (C=O) groups excluding carboxylic acids is 1. The van der Waals surface area contributed by atoms with E-state index < -0.39 is 17.8 Å². The lowest BCUT2D eigenvalue weighted by Gasteiger charge is -2.11. The van der Waals surface area contributed by atoms with E-state index in [4.69, 9.17) is 28.3 Å². The third-order valence-electron chi connectivity index (χ3n) is 2.02. The van der Waals surface area contributed by atoms with E-state index in [1.165, 1.54) is 6.92 Å². The van der Waals surface area contributed by atoms with Gasteiger partial charge in [0.15, 0.2) is 0 Å². The molecule has 0 saturated heterocycles. The minimum atomic E-state index is -1.22. The average Bonchev–Trinajstić information content (AvgIpc) is 2.21. The Labute approximate surface area is 116 Å². The third-order valence-corrected chi connectivity index (χ3v) is 3.07. The number of carboxylic acid groups (broad SMARTS) is 1. The van der Waals surface area contributed by atoms with Crippen LogP contribution in [0, 0.1) is 5.92 Å². The molecule has 0 aliphatic rings. The zero-order chi connectivity index (χ0) is 13.2. The van der Waals surface area contributed by atoms with Crippen molar-refractivity contribution in [3.8, 4) is 0 Å². The van der Waals surface area contributed by atoms with Crippen LogP contribution in [-0.2, 0) is 9.59 Å². The highest BCUT2D eigenvalue weighted by Gasteiger charge is 2.22. The van der Waals surface area contributed by atoms with Crippen molar-refractivity contribution >= 4 is 56.7 Å². The standard InChI is InChI=1S/C10H8BrCl2NO3/c1-4(10(16)17)9(15)14-8-6(12)2-5(11)3-7(8)13/h2-4H,1H3,(H,14,15)(H,16,17). The highest BCUT2D eigenvalue weighted by molar-refractivity contribution is 9.10. The molecule has 1 atom stereocenters. The van der Waals surface area contributed by atoms with Crippen LogP contribution in [0.2, 0.25) is 10.0 Å². The summed E-state index contributed by atoms with van der Waals surface area (Å²) in [5, 5.41) is 11.5. The van der Waals surface area contributed by atoms with E-state index in [1.807, 2.05) is 0 Å². The van der Waals surface area contributed by atoms with E-state index in [2.05, 4.69) is 21.2 Å². The number of hydrogen-bond acceptors (Lipinski definition) is 2. The van der Waals surface area contributed by atoms with Gasteiger partial charge in [-0.3, -0.25) is 9.59 Å². The van der Waals surface area contributed by atoms with Crippen molar-refractivity contribution in [2.45, 2.75) is 6.92 Å². The highest BCUT2D eigenvalue weighted by Crippen LogP contribution is 2.34. The van der Waals surface area contributed by atoms with Gasteiger partial charge in [-0.05, 0) is 19.1 Å². The summed E-state index contributed by atoms with van der Waals surface area (Å²) in [7, 11) is 0. The Morgan fingerprint density at radius 2 is 1.82 bits per heavy atom. The summed E-state index contributed by atoms with van der Waals surface area (Å²) in [5.41, 5.74) is 0.203. The number of carbonyl (C=O) groups is 2. The fourth-order valence-corrected chi connectivity index (χ4v) is 2.31. The van der Waals surface area contributed by atoms with Gasteiger partial charge >= 0.3 is 5.97 Å². The summed E-state index contributed by atoms with van der Waals surface area (Å²) in [6, 6.07) is 3.10. The maximum atomic E-state index is 11.5. The largest absolute Gasteiger partial charge is 0.481 e. The summed E-state index contributed by atoms with van der Waals surface area (Å²) in [4.78, 5) is 22.1. The van der Waals surface area contributed by atoms with Crippen molar-refractivity contribution in [1.82, 2.24) is 0 Å². The van der Waals surface area contributed by atoms with Crippen LogP contribution in [-0.4, -0.2) is 17.0 Å². The number of anilines is 1. The molecule has 2 N–H and O–H groups in total. The number of halogens is 3. The number of rotatable bonds is 3. The van der Waals surface area contributed by atoms with Crippen LogP contribution in [0.1, 0.15) is 6.92 Å². The lowest BCUT2D eigenvalue weighted by Crippen LogP contribution is -2.27. The molecule has 0 bridgehead atoms. The fraction of sp³-hybridized carbons (Fsp3) is 0.200. The monoisotopic (exact) mass is 339 g/mol. The van der Waals surface area contributed by atoms with E-state index >= 15 is 0 Å². The van der Waals surface area contributed by atoms with Crippen LogP contribution in [0.4, 0.5) is 5.69 Å². The molecular formula is C10H8BrCl2NO3. The van der Waals surface area contributed by atoms with Gasteiger partial charge in [-0.2, -0.15) is 0 Å². The predicted octanol–water partition coefficient (Wildman–Crippen LogP) is 3.42. The maximum Gasteiger partial charge on any atom is 0.315 e. The second-order valence-electron chi connectivity index (χ2n) is 3.29. The molecule has 1 rings (SSSR count). The zero-order valence-electron chi connectivity index (χ0n) is 8.63. The smallest absolute Gasteiger partial charge is 0.315 e. The van der Waals surface area contributed by atoms with Gasteiger partial charge in [0.25, 0.3) is 0 Å². The normalized spacial score (nSPS) is 12.0. The van der Waals surface area contributed by atoms with Crippen LogP contribution in [0.5, 0.6) is 0 Å². The van der Waals surface area contributed by atoms with Crippen LogP contribution in [0.25, 0.3) is 0 Å². The molecule has 1 aromatic carbocycles. The predicted molar refractivity (Wildman–Crippen MR) is 69.6 cm³/mol. The number of amides is 1. The molecule has 1 aromatic rings. The number of carboxylic acids is 1. The first-order chi connectivity index (χ1) is 7.82.